The molecule has 1 aliphatic rings. The SMILES string of the molecule is COc1ccc2c(c1)/C(=C/C(=O)c1ccc(C)cc1)NC(C)(C)C2. The summed E-state index contributed by atoms with van der Waals surface area (Å²) in [6.07, 6.45) is 2.60. The summed E-state index contributed by atoms with van der Waals surface area (Å²) in [5.74, 6) is 0.799. The van der Waals surface area contributed by atoms with Gasteiger partial charge in [-0.05, 0) is 44.9 Å². The normalized spacial score (nSPS) is 17.1. The van der Waals surface area contributed by atoms with E-state index >= 15 is 0 Å². The van der Waals surface area contributed by atoms with Crippen molar-refractivity contribution in [3.63, 3.8) is 0 Å². The van der Waals surface area contributed by atoms with Crippen molar-refractivity contribution in [2.45, 2.75) is 32.7 Å². The Hall–Kier alpha value is -2.55. The van der Waals surface area contributed by atoms with Crippen LogP contribution >= 0.6 is 0 Å². The molecular formula is C21H23NO2. The van der Waals surface area contributed by atoms with Crippen LogP contribution in [0.1, 0.15) is 40.9 Å². The first kappa shape index (κ1) is 16.3. The van der Waals surface area contributed by atoms with Gasteiger partial charge in [-0.3, -0.25) is 4.79 Å². The highest BCUT2D eigenvalue weighted by Gasteiger charge is 2.28. The van der Waals surface area contributed by atoms with E-state index in [-0.39, 0.29) is 11.3 Å². The van der Waals surface area contributed by atoms with Crippen LogP contribution in [0.5, 0.6) is 5.75 Å². The Kier molecular flexibility index (Phi) is 4.18. The van der Waals surface area contributed by atoms with Gasteiger partial charge in [-0.2, -0.15) is 0 Å². The van der Waals surface area contributed by atoms with Crippen molar-refractivity contribution < 1.29 is 9.53 Å². The number of rotatable bonds is 3. The molecule has 1 N–H and O–H groups in total. The fourth-order valence-corrected chi connectivity index (χ4v) is 3.09. The third-order valence-electron chi connectivity index (χ3n) is 4.32. The molecule has 3 nitrogen and oxygen atoms in total. The molecule has 1 heterocycles. The number of hydrogen-bond donors (Lipinski definition) is 1. The minimum Gasteiger partial charge on any atom is -0.497 e. The summed E-state index contributed by atoms with van der Waals surface area (Å²) in [7, 11) is 1.66. The van der Waals surface area contributed by atoms with Gasteiger partial charge in [0.15, 0.2) is 5.78 Å². The van der Waals surface area contributed by atoms with E-state index in [0.717, 1.165) is 29.0 Å². The molecule has 0 saturated heterocycles. The maximum atomic E-state index is 12.7. The Morgan fingerprint density at radius 3 is 2.54 bits per heavy atom. The summed E-state index contributed by atoms with van der Waals surface area (Å²) in [5.41, 5.74) is 4.86. The first-order chi connectivity index (χ1) is 11.4. The predicted molar refractivity (Wildman–Crippen MR) is 97.4 cm³/mol. The van der Waals surface area contributed by atoms with Crippen molar-refractivity contribution >= 4 is 11.5 Å². The van der Waals surface area contributed by atoms with E-state index in [1.165, 1.54) is 5.56 Å². The van der Waals surface area contributed by atoms with Crippen molar-refractivity contribution in [2.75, 3.05) is 7.11 Å². The molecule has 0 aromatic heterocycles. The van der Waals surface area contributed by atoms with Crippen LogP contribution in [-0.2, 0) is 6.42 Å². The Morgan fingerprint density at radius 2 is 1.88 bits per heavy atom. The van der Waals surface area contributed by atoms with E-state index in [9.17, 15) is 4.79 Å². The molecule has 0 aliphatic carbocycles. The number of benzene rings is 2. The molecule has 124 valence electrons. The van der Waals surface area contributed by atoms with Gasteiger partial charge in [-0.1, -0.05) is 35.9 Å². The second kappa shape index (κ2) is 6.16. The smallest absolute Gasteiger partial charge is 0.187 e. The molecule has 2 aromatic rings. The van der Waals surface area contributed by atoms with Gasteiger partial charge in [0.1, 0.15) is 5.75 Å². The Morgan fingerprint density at radius 1 is 1.17 bits per heavy atom. The maximum absolute atomic E-state index is 12.7. The van der Waals surface area contributed by atoms with Gasteiger partial charge < -0.3 is 10.1 Å². The lowest BCUT2D eigenvalue weighted by Crippen LogP contribution is -2.43. The average Bonchev–Trinajstić information content (AvgIpc) is 2.54. The number of fused-ring (bicyclic) bond motifs is 1. The van der Waals surface area contributed by atoms with Gasteiger partial charge >= 0.3 is 0 Å². The van der Waals surface area contributed by atoms with Crippen LogP contribution in [0.4, 0.5) is 0 Å². The largest absolute Gasteiger partial charge is 0.497 e. The monoisotopic (exact) mass is 321 g/mol. The molecule has 0 atom stereocenters. The zero-order valence-corrected chi connectivity index (χ0v) is 14.6. The number of allylic oxidation sites excluding steroid dienone is 1. The Bertz CT molecular complexity index is 801. The number of ether oxygens (including phenoxy) is 1. The van der Waals surface area contributed by atoms with Crippen molar-refractivity contribution in [1.82, 2.24) is 5.32 Å². The molecule has 0 amide bonds. The molecule has 0 radical (unpaired) electrons. The van der Waals surface area contributed by atoms with Gasteiger partial charge in [-0.25, -0.2) is 0 Å². The number of carbonyl (C=O) groups excluding carboxylic acids is 1. The second-order valence-corrected chi connectivity index (χ2v) is 7.00. The predicted octanol–water partition coefficient (Wildman–Crippen LogP) is 4.15. The van der Waals surface area contributed by atoms with Crippen LogP contribution < -0.4 is 10.1 Å². The standard InChI is InChI=1S/C21H23NO2/c1-14-5-7-15(8-6-14)20(23)12-19-18-11-17(24-4)10-9-16(18)13-21(2,3)22-19/h5-12,22H,13H2,1-4H3/b19-12-. The highest BCUT2D eigenvalue weighted by molar-refractivity contribution is 6.08. The molecule has 0 fully saturated rings. The topological polar surface area (TPSA) is 38.3 Å². The molecule has 0 saturated carbocycles. The highest BCUT2D eigenvalue weighted by atomic mass is 16.5. The fourth-order valence-electron chi connectivity index (χ4n) is 3.09. The van der Waals surface area contributed by atoms with Crippen LogP contribution in [0.15, 0.2) is 48.5 Å². The van der Waals surface area contributed by atoms with Crippen LogP contribution in [-0.4, -0.2) is 18.4 Å². The van der Waals surface area contributed by atoms with E-state index in [1.807, 2.05) is 43.3 Å². The molecule has 3 rings (SSSR count). The summed E-state index contributed by atoms with van der Waals surface area (Å²) in [6, 6.07) is 13.7. The van der Waals surface area contributed by atoms with Crippen LogP contribution in [0, 0.1) is 6.92 Å². The lowest BCUT2D eigenvalue weighted by Gasteiger charge is -2.35. The zero-order valence-electron chi connectivity index (χ0n) is 14.6. The number of nitrogens with one attached hydrogen (secondary N) is 1. The van der Waals surface area contributed by atoms with Gasteiger partial charge in [0.2, 0.25) is 0 Å². The number of carbonyl (C=O) groups is 1. The van der Waals surface area contributed by atoms with E-state index in [4.69, 9.17) is 4.74 Å². The summed E-state index contributed by atoms with van der Waals surface area (Å²) in [4.78, 5) is 12.7. The average molecular weight is 321 g/mol. The quantitative estimate of drug-likeness (QED) is 0.682. The van der Waals surface area contributed by atoms with Crippen LogP contribution in [0.2, 0.25) is 0 Å². The van der Waals surface area contributed by atoms with Crippen molar-refractivity contribution in [3.05, 3.63) is 70.8 Å². The van der Waals surface area contributed by atoms with Gasteiger partial charge in [-0.15, -0.1) is 0 Å². The van der Waals surface area contributed by atoms with Crippen molar-refractivity contribution in [1.29, 1.82) is 0 Å². The van der Waals surface area contributed by atoms with Gasteiger partial charge in [0, 0.05) is 28.4 Å². The van der Waals surface area contributed by atoms with E-state index < -0.39 is 0 Å². The second-order valence-electron chi connectivity index (χ2n) is 7.00. The van der Waals surface area contributed by atoms with E-state index in [2.05, 4.69) is 25.2 Å². The van der Waals surface area contributed by atoms with Crippen LogP contribution in [0.3, 0.4) is 0 Å². The molecule has 2 aromatic carbocycles. The van der Waals surface area contributed by atoms with E-state index in [0.29, 0.717) is 5.56 Å². The van der Waals surface area contributed by atoms with Crippen molar-refractivity contribution in [3.8, 4) is 5.75 Å². The number of ketones is 1. The van der Waals surface area contributed by atoms with Crippen LogP contribution in [0.25, 0.3) is 5.70 Å². The Labute approximate surface area is 143 Å². The first-order valence-electron chi connectivity index (χ1n) is 8.16. The molecular weight excluding hydrogens is 298 g/mol. The lowest BCUT2D eigenvalue weighted by atomic mass is 9.85. The summed E-state index contributed by atoms with van der Waals surface area (Å²) < 4.78 is 5.34. The van der Waals surface area contributed by atoms with E-state index in [1.54, 1.807) is 13.2 Å². The first-order valence-corrected chi connectivity index (χ1v) is 8.16. The third-order valence-corrected chi connectivity index (χ3v) is 4.32. The molecule has 0 spiro atoms. The number of methoxy groups -OCH3 is 1. The third kappa shape index (κ3) is 3.35. The minimum absolute atomic E-state index is 0.00368. The highest BCUT2D eigenvalue weighted by Crippen LogP contribution is 2.32. The molecule has 24 heavy (non-hydrogen) atoms. The zero-order chi connectivity index (χ0) is 17.3. The van der Waals surface area contributed by atoms with Gasteiger partial charge in [0.25, 0.3) is 0 Å². The molecule has 0 unspecified atom stereocenters. The molecule has 3 heteroatoms. The number of aryl methyl sites for hydroxylation is 1. The van der Waals surface area contributed by atoms with Gasteiger partial charge in [0.05, 0.1) is 7.11 Å². The summed E-state index contributed by atoms with van der Waals surface area (Å²) in [6.45, 7) is 6.30. The number of hydrogen-bond acceptors (Lipinski definition) is 3. The summed E-state index contributed by atoms with van der Waals surface area (Å²) in [5, 5.41) is 3.50. The van der Waals surface area contributed by atoms with Crippen molar-refractivity contribution in [2.24, 2.45) is 0 Å². The molecule has 0 bridgehead atoms. The lowest BCUT2D eigenvalue weighted by molar-refractivity contribution is 0.104. The minimum atomic E-state index is -0.0963. The summed E-state index contributed by atoms with van der Waals surface area (Å²) >= 11 is 0. The fraction of sp³-hybridized carbons (Fsp3) is 0.286. The Balaban J connectivity index is 2.03. The maximum Gasteiger partial charge on any atom is 0.187 e. The molecule has 1 aliphatic heterocycles.